The molecule has 144 valence electrons. The number of fused-ring (bicyclic) bond motifs is 3. The lowest BCUT2D eigenvalue weighted by Crippen LogP contribution is -2.41. The number of ether oxygens (including phenoxy) is 1. The van der Waals surface area contributed by atoms with Crippen LogP contribution in [0.25, 0.3) is 21.9 Å². The van der Waals surface area contributed by atoms with Crippen LogP contribution >= 0.6 is 12.4 Å². The second-order valence-electron chi connectivity index (χ2n) is 7.26. The number of hydrogen-bond donors (Lipinski definition) is 1. The lowest BCUT2D eigenvalue weighted by atomic mass is 9.86. The quantitative estimate of drug-likeness (QED) is 0.485. The molecule has 4 aromatic rings. The van der Waals surface area contributed by atoms with Crippen LogP contribution in [0.5, 0.6) is 0 Å². The summed E-state index contributed by atoms with van der Waals surface area (Å²) in [4.78, 5) is 0. The van der Waals surface area contributed by atoms with E-state index in [1.165, 1.54) is 21.9 Å². The zero-order valence-electron chi connectivity index (χ0n) is 15.6. The van der Waals surface area contributed by atoms with Gasteiger partial charge in [0, 0.05) is 28.8 Å². The van der Waals surface area contributed by atoms with Gasteiger partial charge in [0.05, 0.1) is 12.7 Å². The molecule has 0 saturated carbocycles. The zero-order valence-corrected chi connectivity index (χ0v) is 16.5. The molecule has 3 aromatic carbocycles. The Morgan fingerprint density at radius 3 is 2.57 bits per heavy atom. The van der Waals surface area contributed by atoms with E-state index in [4.69, 9.17) is 9.15 Å². The van der Waals surface area contributed by atoms with Crippen LogP contribution in [0, 0.1) is 0 Å². The highest BCUT2D eigenvalue weighted by Gasteiger charge is 2.29. The van der Waals surface area contributed by atoms with Gasteiger partial charge in [0.15, 0.2) is 0 Å². The van der Waals surface area contributed by atoms with E-state index in [-0.39, 0.29) is 18.5 Å². The average molecular weight is 394 g/mol. The van der Waals surface area contributed by atoms with Crippen molar-refractivity contribution in [2.24, 2.45) is 0 Å². The van der Waals surface area contributed by atoms with Gasteiger partial charge in [-0.2, -0.15) is 0 Å². The van der Waals surface area contributed by atoms with Gasteiger partial charge in [-0.25, -0.2) is 0 Å². The number of rotatable bonds is 4. The molecule has 4 heteroatoms. The maximum Gasteiger partial charge on any atom is 0.138 e. The maximum absolute atomic E-state index is 6.35. The summed E-state index contributed by atoms with van der Waals surface area (Å²) in [6, 6.07) is 25.2. The standard InChI is InChI=1S/C24H23NO2.ClH/c1-2-7-17(8-3-1)16-26-23-15-25-14-13-19(23)21-11-6-10-20-18-9-4-5-12-22(18)27-24(20)21;/h1-12,19,23,25H,13-16H2;1H/t19-,23+;/m1./s1. The highest BCUT2D eigenvalue weighted by molar-refractivity contribution is 6.05. The van der Waals surface area contributed by atoms with E-state index in [1.807, 2.05) is 18.2 Å². The van der Waals surface area contributed by atoms with Gasteiger partial charge in [-0.1, -0.05) is 66.7 Å². The molecule has 2 heterocycles. The lowest BCUT2D eigenvalue weighted by Gasteiger charge is -2.32. The topological polar surface area (TPSA) is 34.4 Å². The van der Waals surface area contributed by atoms with Crippen LogP contribution in [-0.2, 0) is 11.3 Å². The van der Waals surface area contributed by atoms with Gasteiger partial charge in [-0.3, -0.25) is 0 Å². The molecule has 0 spiro atoms. The van der Waals surface area contributed by atoms with Crippen LogP contribution < -0.4 is 5.32 Å². The van der Waals surface area contributed by atoms with Gasteiger partial charge in [-0.15, -0.1) is 12.4 Å². The van der Waals surface area contributed by atoms with Gasteiger partial charge >= 0.3 is 0 Å². The van der Waals surface area contributed by atoms with Crippen molar-refractivity contribution < 1.29 is 9.15 Å². The van der Waals surface area contributed by atoms with Crippen molar-refractivity contribution in [2.75, 3.05) is 13.1 Å². The van der Waals surface area contributed by atoms with Gasteiger partial charge in [-0.05, 0) is 24.6 Å². The number of nitrogens with one attached hydrogen (secondary N) is 1. The van der Waals surface area contributed by atoms with Crippen LogP contribution in [0.3, 0.4) is 0 Å². The highest BCUT2D eigenvalue weighted by Crippen LogP contribution is 2.37. The molecule has 28 heavy (non-hydrogen) atoms. The number of hydrogen-bond acceptors (Lipinski definition) is 3. The van der Waals surface area contributed by atoms with Crippen LogP contribution in [-0.4, -0.2) is 19.2 Å². The average Bonchev–Trinajstić information content (AvgIpc) is 3.12. The molecule has 1 saturated heterocycles. The zero-order chi connectivity index (χ0) is 18.1. The summed E-state index contributed by atoms with van der Waals surface area (Å²) in [6.07, 6.45) is 1.19. The fourth-order valence-corrected chi connectivity index (χ4v) is 4.20. The van der Waals surface area contributed by atoms with Crippen LogP contribution in [0.1, 0.15) is 23.5 Å². The van der Waals surface area contributed by atoms with E-state index in [1.54, 1.807) is 0 Å². The summed E-state index contributed by atoms with van der Waals surface area (Å²) in [5.41, 5.74) is 4.45. The molecule has 0 bridgehead atoms. The van der Waals surface area contributed by atoms with Crippen molar-refractivity contribution in [3.63, 3.8) is 0 Å². The van der Waals surface area contributed by atoms with Crippen molar-refractivity contribution in [1.29, 1.82) is 0 Å². The molecule has 1 aromatic heterocycles. The normalized spacial score (nSPS) is 19.6. The molecular formula is C24H24ClNO2. The van der Waals surface area contributed by atoms with Crippen LogP contribution in [0.4, 0.5) is 0 Å². The van der Waals surface area contributed by atoms with E-state index in [0.717, 1.165) is 30.7 Å². The Labute approximate surface area is 171 Å². The smallest absolute Gasteiger partial charge is 0.138 e. The van der Waals surface area contributed by atoms with E-state index >= 15 is 0 Å². The summed E-state index contributed by atoms with van der Waals surface area (Å²) >= 11 is 0. The fraction of sp³-hybridized carbons (Fsp3) is 0.250. The van der Waals surface area contributed by atoms with Gasteiger partial charge < -0.3 is 14.5 Å². The Balaban J connectivity index is 0.00000192. The van der Waals surface area contributed by atoms with Crippen LogP contribution in [0.2, 0.25) is 0 Å². The highest BCUT2D eigenvalue weighted by atomic mass is 35.5. The first-order chi connectivity index (χ1) is 13.4. The number of benzene rings is 3. The predicted octanol–water partition coefficient (Wildman–Crippen LogP) is 5.67. The minimum absolute atomic E-state index is 0. The molecule has 2 atom stereocenters. The molecule has 0 radical (unpaired) electrons. The molecule has 1 fully saturated rings. The first-order valence-corrected chi connectivity index (χ1v) is 9.66. The van der Waals surface area contributed by atoms with Crippen molar-refractivity contribution in [2.45, 2.75) is 25.0 Å². The molecular weight excluding hydrogens is 370 g/mol. The molecule has 1 aliphatic heterocycles. The Morgan fingerprint density at radius 1 is 0.893 bits per heavy atom. The largest absolute Gasteiger partial charge is 0.456 e. The van der Waals surface area contributed by atoms with Crippen LogP contribution in [0.15, 0.2) is 77.2 Å². The molecule has 0 aliphatic carbocycles. The summed E-state index contributed by atoms with van der Waals surface area (Å²) in [5, 5.41) is 5.87. The Morgan fingerprint density at radius 2 is 1.68 bits per heavy atom. The van der Waals surface area contributed by atoms with E-state index in [0.29, 0.717) is 12.5 Å². The third kappa shape index (κ3) is 3.53. The Bertz CT molecular complexity index is 1060. The molecule has 1 N–H and O–H groups in total. The molecule has 5 rings (SSSR count). The monoisotopic (exact) mass is 393 g/mol. The minimum Gasteiger partial charge on any atom is -0.456 e. The SMILES string of the molecule is Cl.c1ccc(CO[C@H]2CNCC[C@@H]2c2cccc3c2oc2ccccc23)cc1. The first-order valence-electron chi connectivity index (χ1n) is 9.66. The molecule has 1 aliphatic rings. The van der Waals surface area contributed by atoms with Crippen molar-refractivity contribution in [3.05, 3.63) is 83.9 Å². The Hall–Kier alpha value is -2.33. The van der Waals surface area contributed by atoms with Crippen molar-refractivity contribution >= 4 is 34.3 Å². The Kier molecular flexibility index (Phi) is 5.67. The number of piperidine rings is 1. The summed E-state index contributed by atoms with van der Waals surface area (Å²) in [7, 11) is 0. The fourth-order valence-electron chi connectivity index (χ4n) is 4.20. The summed E-state index contributed by atoms with van der Waals surface area (Å²) in [5.74, 6) is 0.333. The molecule has 0 amide bonds. The number of furan rings is 1. The van der Waals surface area contributed by atoms with Gasteiger partial charge in [0.25, 0.3) is 0 Å². The number of halogens is 1. The molecule has 3 nitrogen and oxygen atoms in total. The second kappa shape index (κ2) is 8.36. The van der Waals surface area contributed by atoms with Gasteiger partial charge in [0.1, 0.15) is 11.2 Å². The van der Waals surface area contributed by atoms with E-state index in [9.17, 15) is 0 Å². The third-order valence-electron chi connectivity index (χ3n) is 5.57. The number of para-hydroxylation sites is 2. The first kappa shape index (κ1) is 19.0. The second-order valence-corrected chi connectivity index (χ2v) is 7.26. The predicted molar refractivity (Wildman–Crippen MR) is 116 cm³/mol. The van der Waals surface area contributed by atoms with Gasteiger partial charge in [0.2, 0.25) is 0 Å². The summed E-state index contributed by atoms with van der Waals surface area (Å²) in [6.45, 7) is 2.51. The van der Waals surface area contributed by atoms with Crippen molar-refractivity contribution in [1.82, 2.24) is 5.32 Å². The van der Waals surface area contributed by atoms with E-state index in [2.05, 4.69) is 59.9 Å². The third-order valence-corrected chi connectivity index (χ3v) is 5.57. The maximum atomic E-state index is 6.35. The summed E-state index contributed by atoms with van der Waals surface area (Å²) < 4.78 is 12.6. The van der Waals surface area contributed by atoms with E-state index < -0.39 is 0 Å². The van der Waals surface area contributed by atoms with Crippen molar-refractivity contribution in [3.8, 4) is 0 Å². The minimum atomic E-state index is 0. The lowest BCUT2D eigenvalue weighted by molar-refractivity contribution is 0.0107. The molecule has 0 unspecified atom stereocenters.